The number of halogens is 1. The lowest BCUT2D eigenvalue weighted by Gasteiger charge is -2.38. The highest BCUT2D eigenvalue weighted by Crippen LogP contribution is 2.44. The van der Waals surface area contributed by atoms with Crippen LogP contribution in [0.4, 0.5) is 4.39 Å². The van der Waals surface area contributed by atoms with Crippen LogP contribution < -0.4 is 0 Å². The predicted molar refractivity (Wildman–Crippen MR) is 107 cm³/mol. The van der Waals surface area contributed by atoms with Crippen molar-refractivity contribution in [1.82, 2.24) is 0 Å². The summed E-state index contributed by atoms with van der Waals surface area (Å²) in [7, 11) is 1.61. The Balaban J connectivity index is 1.47. The van der Waals surface area contributed by atoms with Crippen LogP contribution in [0, 0.1) is 23.6 Å². The maximum atomic E-state index is 14.2. The first kappa shape index (κ1) is 19.6. The summed E-state index contributed by atoms with van der Waals surface area (Å²) in [6.45, 7) is 4.21. The van der Waals surface area contributed by atoms with Gasteiger partial charge in [0, 0.05) is 12.7 Å². The topological polar surface area (TPSA) is 9.23 Å². The van der Waals surface area contributed by atoms with Crippen LogP contribution in [0.2, 0.25) is 0 Å². The van der Waals surface area contributed by atoms with Gasteiger partial charge in [-0.1, -0.05) is 31.1 Å². The van der Waals surface area contributed by atoms with Gasteiger partial charge in [-0.3, -0.25) is 0 Å². The van der Waals surface area contributed by atoms with Crippen LogP contribution in [0.5, 0.6) is 0 Å². The van der Waals surface area contributed by atoms with E-state index in [0.29, 0.717) is 18.1 Å². The highest BCUT2D eigenvalue weighted by molar-refractivity contribution is 5.27. The highest BCUT2D eigenvalue weighted by Gasteiger charge is 2.31. The summed E-state index contributed by atoms with van der Waals surface area (Å²) >= 11 is 0. The smallest absolute Gasteiger partial charge is 0.129 e. The largest absolute Gasteiger partial charge is 0.380 e. The Morgan fingerprint density at radius 3 is 2.27 bits per heavy atom. The van der Waals surface area contributed by atoms with Crippen LogP contribution in [0.25, 0.3) is 0 Å². The second kappa shape index (κ2) is 9.69. The molecule has 0 atom stereocenters. The van der Waals surface area contributed by atoms with E-state index < -0.39 is 0 Å². The SMILES string of the molecule is C=CCC[C@H]1CC[C@H](C2CCC(c3ccc(COC)c(F)c3)CC2)CC1. The molecule has 0 aliphatic heterocycles. The number of allylic oxidation sites excluding steroid dienone is 1. The van der Waals surface area contributed by atoms with Gasteiger partial charge in [0.15, 0.2) is 0 Å². The molecule has 0 aromatic heterocycles. The lowest BCUT2D eigenvalue weighted by Crippen LogP contribution is -2.25. The van der Waals surface area contributed by atoms with E-state index >= 15 is 0 Å². The van der Waals surface area contributed by atoms with E-state index in [1.807, 2.05) is 6.07 Å². The molecule has 2 saturated carbocycles. The third-order valence-corrected chi connectivity index (χ3v) is 6.96. The van der Waals surface area contributed by atoms with E-state index in [2.05, 4.69) is 18.7 Å². The summed E-state index contributed by atoms with van der Waals surface area (Å²) in [5, 5.41) is 0. The zero-order valence-electron chi connectivity index (χ0n) is 16.4. The van der Waals surface area contributed by atoms with Crippen LogP contribution in [0.3, 0.4) is 0 Å². The molecule has 0 N–H and O–H groups in total. The average Bonchev–Trinajstić information content (AvgIpc) is 2.69. The fourth-order valence-electron chi connectivity index (χ4n) is 5.32. The summed E-state index contributed by atoms with van der Waals surface area (Å²) in [6, 6.07) is 5.78. The van der Waals surface area contributed by atoms with Gasteiger partial charge in [0.2, 0.25) is 0 Å². The van der Waals surface area contributed by atoms with Gasteiger partial charge in [-0.15, -0.1) is 6.58 Å². The van der Waals surface area contributed by atoms with Gasteiger partial charge in [-0.05, 0) is 86.7 Å². The van der Waals surface area contributed by atoms with Crippen molar-refractivity contribution in [1.29, 1.82) is 0 Å². The van der Waals surface area contributed by atoms with Gasteiger partial charge < -0.3 is 4.74 Å². The van der Waals surface area contributed by atoms with Crippen molar-refractivity contribution >= 4 is 0 Å². The molecule has 0 unspecified atom stereocenters. The van der Waals surface area contributed by atoms with Crippen molar-refractivity contribution in [3.63, 3.8) is 0 Å². The number of hydrogen-bond acceptors (Lipinski definition) is 1. The Bertz CT molecular complexity index is 566. The molecule has 2 heteroatoms. The molecule has 0 saturated heterocycles. The summed E-state index contributed by atoms with van der Waals surface area (Å²) in [5.74, 6) is 3.22. The lowest BCUT2D eigenvalue weighted by atomic mass is 9.68. The minimum absolute atomic E-state index is 0.107. The van der Waals surface area contributed by atoms with E-state index in [-0.39, 0.29) is 5.82 Å². The first-order valence-electron chi connectivity index (χ1n) is 10.6. The van der Waals surface area contributed by atoms with E-state index in [1.54, 1.807) is 13.2 Å². The van der Waals surface area contributed by atoms with E-state index in [0.717, 1.165) is 17.8 Å². The molecule has 26 heavy (non-hydrogen) atoms. The van der Waals surface area contributed by atoms with Crippen LogP contribution in [-0.4, -0.2) is 7.11 Å². The number of rotatable bonds is 7. The van der Waals surface area contributed by atoms with Gasteiger partial charge >= 0.3 is 0 Å². The van der Waals surface area contributed by atoms with Crippen LogP contribution >= 0.6 is 0 Å². The molecular formula is C24H35FO. The Morgan fingerprint density at radius 2 is 1.69 bits per heavy atom. The summed E-state index contributed by atoms with van der Waals surface area (Å²) < 4.78 is 19.3. The molecule has 0 bridgehead atoms. The predicted octanol–water partition coefficient (Wildman–Crippen LogP) is 7.02. The van der Waals surface area contributed by atoms with Crippen molar-refractivity contribution in [2.45, 2.75) is 76.7 Å². The summed E-state index contributed by atoms with van der Waals surface area (Å²) in [5.41, 5.74) is 1.85. The maximum absolute atomic E-state index is 14.2. The van der Waals surface area contributed by atoms with Crippen molar-refractivity contribution in [2.75, 3.05) is 7.11 Å². The van der Waals surface area contributed by atoms with Gasteiger partial charge in [0.25, 0.3) is 0 Å². The van der Waals surface area contributed by atoms with Gasteiger partial charge in [-0.25, -0.2) is 4.39 Å². The van der Waals surface area contributed by atoms with Gasteiger partial charge in [0.1, 0.15) is 5.82 Å². The van der Waals surface area contributed by atoms with Crippen LogP contribution in [0.1, 0.15) is 81.3 Å². The number of ether oxygens (including phenoxy) is 1. The van der Waals surface area contributed by atoms with Crippen molar-refractivity contribution in [3.05, 3.63) is 47.8 Å². The molecule has 2 aliphatic carbocycles. The Morgan fingerprint density at radius 1 is 1.04 bits per heavy atom. The fraction of sp³-hybridized carbons (Fsp3) is 0.667. The molecule has 2 fully saturated rings. The molecular weight excluding hydrogens is 323 g/mol. The van der Waals surface area contributed by atoms with Crippen LogP contribution in [0.15, 0.2) is 30.9 Å². The summed E-state index contributed by atoms with van der Waals surface area (Å²) in [6.07, 6.45) is 15.4. The second-order valence-corrected chi connectivity index (χ2v) is 8.54. The molecule has 1 aromatic carbocycles. The summed E-state index contributed by atoms with van der Waals surface area (Å²) in [4.78, 5) is 0. The number of benzene rings is 1. The van der Waals surface area contributed by atoms with Crippen LogP contribution in [-0.2, 0) is 11.3 Å². The number of methoxy groups -OCH3 is 1. The Labute approximate surface area is 159 Å². The quantitative estimate of drug-likeness (QED) is 0.476. The zero-order valence-corrected chi connectivity index (χ0v) is 16.4. The van der Waals surface area contributed by atoms with Gasteiger partial charge in [0.05, 0.1) is 6.61 Å². The van der Waals surface area contributed by atoms with Crippen molar-refractivity contribution in [3.8, 4) is 0 Å². The van der Waals surface area contributed by atoms with E-state index in [9.17, 15) is 4.39 Å². The number of hydrogen-bond donors (Lipinski definition) is 0. The first-order valence-corrected chi connectivity index (χ1v) is 10.6. The normalized spacial score (nSPS) is 29.5. The molecule has 0 spiro atoms. The molecule has 144 valence electrons. The lowest BCUT2D eigenvalue weighted by molar-refractivity contribution is 0.157. The monoisotopic (exact) mass is 358 g/mol. The zero-order chi connectivity index (χ0) is 18.4. The highest BCUT2D eigenvalue weighted by atomic mass is 19.1. The van der Waals surface area contributed by atoms with Gasteiger partial charge in [-0.2, -0.15) is 0 Å². The first-order chi connectivity index (χ1) is 12.7. The third-order valence-electron chi connectivity index (χ3n) is 6.96. The molecule has 3 rings (SSSR count). The Hall–Kier alpha value is -1.15. The molecule has 0 amide bonds. The molecule has 0 radical (unpaired) electrons. The van der Waals surface area contributed by atoms with Crippen molar-refractivity contribution < 1.29 is 9.13 Å². The van der Waals surface area contributed by atoms with E-state index in [4.69, 9.17) is 4.74 Å². The molecule has 0 heterocycles. The minimum Gasteiger partial charge on any atom is -0.380 e. The Kier molecular flexibility index (Phi) is 7.31. The second-order valence-electron chi connectivity index (χ2n) is 8.54. The maximum Gasteiger partial charge on any atom is 0.129 e. The fourth-order valence-corrected chi connectivity index (χ4v) is 5.32. The minimum atomic E-state index is -0.107. The molecule has 2 aliphatic rings. The molecule has 1 aromatic rings. The average molecular weight is 359 g/mol. The molecule has 1 nitrogen and oxygen atoms in total. The third kappa shape index (κ3) is 4.97. The van der Waals surface area contributed by atoms with E-state index in [1.165, 1.54) is 69.8 Å². The standard InChI is InChI=1S/C24H35FO/c1-3-4-5-18-6-8-19(9-7-18)20-10-12-21(13-11-20)22-14-15-23(17-26-2)24(25)16-22/h3,14-16,18-21H,1,4-13,17H2,2H3/t18-,19-,20?,21?. The van der Waals surface area contributed by atoms with Crippen molar-refractivity contribution in [2.24, 2.45) is 17.8 Å².